The van der Waals surface area contributed by atoms with Gasteiger partial charge in [0, 0.05) is 16.0 Å². The van der Waals surface area contributed by atoms with Crippen molar-refractivity contribution >= 4 is 34.0 Å². The Hall–Kier alpha value is -2.38. The van der Waals surface area contributed by atoms with Crippen molar-refractivity contribution in [2.24, 2.45) is 0 Å². The van der Waals surface area contributed by atoms with Crippen molar-refractivity contribution in [2.45, 2.75) is 13.1 Å². The molecule has 3 rings (SSSR count). The molecule has 1 N–H and O–H groups in total. The molecule has 134 valence electrons. The summed E-state index contributed by atoms with van der Waals surface area (Å²) in [5.74, 6) is -0.578. The summed E-state index contributed by atoms with van der Waals surface area (Å²) in [6.07, 6.45) is -4.55. The Labute approximate surface area is 156 Å². The molecule has 2 aromatic carbocycles. The van der Waals surface area contributed by atoms with E-state index >= 15 is 0 Å². The number of carbonyl (C=O) groups excluding carboxylic acids is 1. The third-order valence-corrected chi connectivity index (χ3v) is 4.60. The first-order chi connectivity index (χ1) is 12.2. The second kappa shape index (κ2) is 7.09. The van der Waals surface area contributed by atoms with Crippen LogP contribution in [0.15, 0.2) is 47.8 Å². The van der Waals surface area contributed by atoms with Crippen LogP contribution >= 0.6 is 22.9 Å². The molecule has 0 aliphatic carbocycles. The van der Waals surface area contributed by atoms with Gasteiger partial charge in [0.1, 0.15) is 0 Å². The number of anilines is 1. The molecular formula is C18H12ClF3N2OS. The van der Waals surface area contributed by atoms with E-state index in [9.17, 15) is 18.0 Å². The first-order valence-electron chi connectivity index (χ1n) is 7.45. The Kier molecular flexibility index (Phi) is 5.02. The highest BCUT2D eigenvalue weighted by molar-refractivity contribution is 7.14. The van der Waals surface area contributed by atoms with E-state index in [1.807, 2.05) is 31.2 Å². The zero-order valence-corrected chi connectivity index (χ0v) is 15.0. The summed E-state index contributed by atoms with van der Waals surface area (Å²) in [5.41, 5.74) is 1.70. The lowest BCUT2D eigenvalue weighted by Gasteiger charge is -2.10. The van der Waals surface area contributed by atoms with Gasteiger partial charge in [-0.25, -0.2) is 4.98 Å². The van der Waals surface area contributed by atoms with Crippen molar-refractivity contribution in [1.82, 2.24) is 4.98 Å². The van der Waals surface area contributed by atoms with Crippen LogP contribution in [-0.4, -0.2) is 10.9 Å². The van der Waals surface area contributed by atoms with E-state index in [0.717, 1.165) is 16.5 Å². The molecule has 0 spiro atoms. The first-order valence-corrected chi connectivity index (χ1v) is 8.70. The number of rotatable bonds is 3. The number of aromatic nitrogens is 1. The van der Waals surface area contributed by atoms with Crippen LogP contribution in [0.4, 0.5) is 18.3 Å². The highest BCUT2D eigenvalue weighted by Crippen LogP contribution is 2.32. The quantitative estimate of drug-likeness (QED) is 0.586. The largest absolute Gasteiger partial charge is 0.434 e. The third-order valence-electron chi connectivity index (χ3n) is 3.60. The van der Waals surface area contributed by atoms with Gasteiger partial charge in [-0.2, -0.15) is 13.2 Å². The highest BCUT2D eigenvalue weighted by atomic mass is 35.5. The fourth-order valence-electron chi connectivity index (χ4n) is 2.31. The van der Waals surface area contributed by atoms with Crippen LogP contribution in [0, 0.1) is 6.92 Å². The number of hydrogen-bond acceptors (Lipinski definition) is 3. The summed E-state index contributed by atoms with van der Waals surface area (Å²) in [6.45, 7) is 1.94. The predicted molar refractivity (Wildman–Crippen MR) is 96.7 cm³/mol. The normalized spacial score (nSPS) is 11.4. The van der Waals surface area contributed by atoms with Gasteiger partial charge in [-0.15, -0.1) is 11.3 Å². The number of halogens is 4. The zero-order chi connectivity index (χ0) is 18.9. The molecule has 3 aromatic rings. The van der Waals surface area contributed by atoms with E-state index in [4.69, 9.17) is 11.6 Å². The minimum Gasteiger partial charge on any atom is -0.298 e. The Balaban J connectivity index is 1.93. The Morgan fingerprint density at radius 1 is 1.15 bits per heavy atom. The number of nitrogens with zero attached hydrogens (tertiary/aromatic N) is 1. The van der Waals surface area contributed by atoms with Crippen molar-refractivity contribution in [3.8, 4) is 11.1 Å². The van der Waals surface area contributed by atoms with Crippen molar-refractivity contribution in [2.75, 3.05) is 5.32 Å². The summed E-state index contributed by atoms with van der Waals surface area (Å²) >= 11 is 6.71. The first kappa shape index (κ1) is 18.4. The van der Waals surface area contributed by atoms with Gasteiger partial charge in [0.05, 0.1) is 0 Å². The van der Waals surface area contributed by atoms with E-state index < -0.39 is 17.8 Å². The molecule has 0 atom stereocenters. The van der Waals surface area contributed by atoms with Gasteiger partial charge in [0.2, 0.25) is 0 Å². The highest BCUT2D eigenvalue weighted by Gasteiger charge is 2.34. The zero-order valence-electron chi connectivity index (χ0n) is 13.4. The second-order valence-corrected chi connectivity index (χ2v) is 6.84. The lowest BCUT2D eigenvalue weighted by molar-refractivity contribution is -0.140. The van der Waals surface area contributed by atoms with Crippen LogP contribution in [-0.2, 0) is 6.18 Å². The molecule has 1 heterocycles. The molecule has 1 aromatic heterocycles. The molecule has 0 aliphatic heterocycles. The molecule has 26 heavy (non-hydrogen) atoms. The third kappa shape index (κ3) is 4.05. The number of hydrogen-bond donors (Lipinski definition) is 1. The lowest BCUT2D eigenvalue weighted by atomic mass is 9.98. The Morgan fingerprint density at radius 3 is 2.46 bits per heavy atom. The number of carbonyl (C=O) groups is 1. The summed E-state index contributed by atoms with van der Waals surface area (Å²) in [7, 11) is 0. The van der Waals surface area contributed by atoms with Crippen LogP contribution in [0.1, 0.15) is 21.6 Å². The Morgan fingerprint density at radius 2 is 1.85 bits per heavy atom. The molecule has 0 radical (unpaired) electrons. The van der Waals surface area contributed by atoms with Gasteiger partial charge >= 0.3 is 6.18 Å². The maximum Gasteiger partial charge on any atom is 0.434 e. The molecular weight excluding hydrogens is 385 g/mol. The van der Waals surface area contributed by atoms with E-state index in [-0.39, 0.29) is 10.7 Å². The SMILES string of the molecule is Cc1ccc(-c2ccc(Cl)cc2C(=O)Nc2nc(C(F)(F)F)cs2)cc1. The van der Waals surface area contributed by atoms with Crippen molar-refractivity contribution in [3.63, 3.8) is 0 Å². The number of aryl methyl sites for hydroxylation is 1. The predicted octanol–water partition coefficient (Wildman–Crippen LogP) is 6.04. The van der Waals surface area contributed by atoms with Gasteiger partial charge in [-0.1, -0.05) is 47.5 Å². The number of benzene rings is 2. The van der Waals surface area contributed by atoms with Gasteiger partial charge in [0.25, 0.3) is 5.91 Å². The summed E-state index contributed by atoms with van der Waals surface area (Å²) in [5, 5.41) is 3.49. The monoisotopic (exact) mass is 396 g/mol. The Bertz CT molecular complexity index is 952. The minimum absolute atomic E-state index is 0.128. The second-order valence-electron chi connectivity index (χ2n) is 5.55. The van der Waals surface area contributed by atoms with Crippen LogP contribution < -0.4 is 5.32 Å². The molecule has 0 saturated heterocycles. The van der Waals surface area contributed by atoms with E-state index in [2.05, 4.69) is 10.3 Å². The maximum absolute atomic E-state index is 12.6. The smallest absolute Gasteiger partial charge is 0.298 e. The average Bonchev–Trinajstić information content (AvgIpc) is 3.04. The van der Waals surface area contributed by atoms with Gasteiger partial charge in [-0.05, 0) is 30.2 Å². The lowest BCUT2D eigenvalue weighted by Crippen LogP contribution is -2.14. The van der Waals surface area contributed by atoms with E-state index in [1.54, 1.807) is 12.1 Å². The molecule has 8 heteroatoms. The van der Waals surface area contributed by atoms with Gasteiger partial charge in [0.15, 0.2) is 10.8 Å². The fraction of sp³-hybridized carbons (Fsp3) is 0.111. The molecule has 3 nitrogen and oxygen atoms in total. The topological polar surface area (TPSA) is 42.0 Å². The molecule has 0 fully saturated rings. The van der Waals surface area contributed by atoms with Crippen molar-refractivity contribution < 1.29 is 18.0 Å². The van der Waals surface area contributed by atoms with Crippen LogP contribution in [0.2, 0.25) is 5.02 Å². The van der Waals surface area contributed by atoms with Crippen molar-refractivity contribution in [1.29, 1.82) is 0 Å². The number of alkyl halides is 3. The van der Waals surface area contributed by atoms with Crippen LogP contribution in [0.3, 0.4) is 0 Å². The summed E-state index contributed by atoms with van der Waals surface area (Å²) in [6, 6.07) is 12.4. The summed E-state index contributed by atoms with van der Waals surface area (Å²) < 4.78 is 37.9. The fourth-order valence-corrected chi connectivity index (χ4v) is 3.20. The molecule has 0 aliphatic rings. The summed E-state index contributed by atoms with van der Waals surface area (Å²) in [4.78, 5) is 16.0. The average molecular weight is 397 g/mol. The molecule has 1 amide bonds. The maximum atomic E-state index is 12.6. The van der Waals surface area contributed by atoms with Gasteiger partial charge < -0.3 is 0 Å². The van der Waals surface area contributed by atoms with Crippen LogP contribution in [0.5, 0.6) is 0 Å². The van der Waals surface area contributed by atoms with E-state index in [1.165, 1.54) is 6.07 Å². The van der Waals surface area contributed by atoms with Crippen molar-refractivity contribution in [3.05, 3.63) is 69.7 Å². The standard InChI is InChI=1S/C18H12ClF3N2OS/c1-10-2-4-11(5-3-10)13-7-6-12(19)8-14(13)16(25)24-17-23-15(9-26-17)18(20,21)22/h2-9H,1H3,(H,23,24,25). The number of thiazole rings is 1. The molecule has 0 bridgehead atoms. The van der Waals surface area contributed by atoms with Gasteiger partial charge in [-0.3, -0.25) is 10.1 Å². The number of amides is 1. The minimum atomic E-state index is -4.55. The van der Waals surface area contributed by atoms with Crippen LogP contribution in [0.25, 0.3) is 11.1 Å². The van der Waals surface area contributed by atoms with E-state index in [0.29, 0.717) is 21.9 Å². The molecule has 0 unspecified atom stereocenters. The number of nitrogens with one attached hydrogen (secondary N) is 1. The molecule has 0 saturated carbocycles.